The molecular weight excluding hydrogens is 244 g/mol. The predicted molar refractivity (Wildman–Crippen MR) is 73.1 cm³/mol. The van der Waals surface area contributed by atoms with Gasteiger partial charge in [0, 0.05) is 11.5 Å². The van der Waals surface area contributed by atoms with Crippen molar-refractivity contribution in [1.29, 1.82) is 0 Å². The highest BCUT2D eigenvalue weighted by molar-refractivity contribution is 7.97. The van der Waals surface area contributed by atoms with Gasteiger partial charge in [-0.25, -0.2) is 15.0 Å². The molecule has 2 aromatic heterocycles. The summed E-state index contributed by atoms with van der Waals surface area (Å²) < 4.78 is 0. The summed E-state index contributed by atoms with van der Waals surface area (Å²) in [6.45, 7) is 0. The number of hydrogen-bond acceptors (Lipinski definition) is 4. The van der Waals surface area contributed by atoms with Gasteiger partial charge in [-0.1, -0.05) is 30.3 Å². The van der Waals surface area contributed by atoms with Crippen LogP contribution in [0.3, 0.4) is 0 Å². The molecule has 0 bridgehead atoms. The zero-order valence-corrected chi connectivity index (χ0v) is 10.5. The Labute approximate surface area is 109 Å². The van der Waals surface area contributed by atoms with Crippen LogP contribution in [0.4, 0.5) is 0 Å². The molecule has 18 heavy (non-hydrogen) atoms. The van der Waals surface area contributed by atoms with E-state index in [0.29, 0.717) is 0 Å². The summed E-state index contributed by atoms with van der Waals surface area (Å²) in [6, 6.07) is 10.4. The number of H-pyrrole nitrogens is 1. The van der Waals surface area contributed by atoms with Crippen molar-refractivity contribution in [2.45, 2.75) is 11.5 Å². The van der Waals surface area contributed by atoms with Crippen molar-refractivity contribution in [3.8, 4) is 0 Å². The molecule has 0 radical (unpaired) electrons. The number of imidazole rings is 1. The van der Waals surface area contributed by atoms with Crippen LogP contribution >= 0.6 is 11.8 Å². The van der Waals surface area contributed by atoms with E-state index in [1.807, 2.05) is 17.8 Å². The first-order valence-corrected chi connectivity index (χ1v) is 6.83. The molecule has 0 spiro atoms. The van der Waals surface area contributed by atoms with Crippen molar-refractivity contribution in [1.82, 2.24) is 19.9 Å². The van der Waals surface area contributed by atoms with E-state index in [9.17, 15) is 0 Å². The lowest BCUT2D eigenvalue weighted by Crippen LogP contribution is -1.91. The normalized spacial score (nSPS) is 10.9. The second-order valence-corrected chi connectivity index (χ2v) is 4.89. The van der Waals surface area contributed by atoms with E-state index in [2.05, 4.69) is 44.2 Å². The number of benzene rings is 1. The highest BCUT2D eigenvalue weighted by atomic mass is 32.2. The van der Waals surface area contributed by atoms with Crippen LogP contribution in [-0.2, 0) is 11.5 Å². The highest BCUT2D eigenvalue weighted by Crippen LogP contribution is 2.19. The molecule has 0 fully saturated rings. The number of thioether (sulfide) groups is 1. The van der Waals surface area contributed by atoms with Gasteiger partial charge >= 0.3 is 0 Å². The van der Waals surface area contributed by atoms with Crippen LogP contribution in [0, 0.1) is 0 Å². The predicted octanol–water partition coefficient (Wildman–Crippen LogP) is 2.79. The van der Waals surface area contributed by atoms with Gasteiger partial charge in [-0.05, 0) is 5.56 Å². The fraction of sp³-hybridized carbons (Fsp3) is 0.154. The quantitative estimate of drug-likeness (QED) is 0.780. The molecule has 90 valence electrons. The fourth-order valence-electron chi connectivity index (χ4n) is 1.76. The Balaban J connectivity index is 1.68. The highest BCUT2D eigenvalue weighted by Gasteiger charge is 2.05. The average Bonchev–Trinajstić information content (AvgIpc) is 2.89. The first-order chi connectivity index (χ1) is 8.93. The van der Waals surface area contributed by atoms with Gasteiger partial charge in [0.2, 0.25) is 0 Å². The third kappa shape index (κ3) is 2.36. The molecule has 3 aromatic rings. The minimum atomic E-state index is 0.736. The van der Waals surface area contributed by atoms with Crippen LogP contribution < -0.4 is 0 Å². The smallest absolute Gasteiger partial charge is 0.180 e. The van der Waals surface area contributed by atoms with Crippen LogP contribution in [0.1, 0.15) is 11.3 Å². The van der Waals surface area contributed by atoms with E-state index in [0.717, 1.165) is 28.4 Å². The Hall–Kier alpha value is -1.88. The summed E-state index contributed by atoms with van der Waals surface area (Å²) in [5.41, 5.74) is 4.02. The lowest BCUT2D eigenvalue weighted by molar-refractivity contribution is 1.12. The van der Waals surface area contributed by atoms with E-state index in [-0.39, 0.29) is 0 Å². The third-order valence-electron chi connectivity index (χ3n) is 2.65. The Kier molecular flexibility index (Phi) is 3.23. The van der Waals surface area contributed by atoms with Gasteiger partial charge in [0.25, 0.3) is 0 Å². The van der Waals surface area contributed by atoms with E-state index >= 15 is 0 Å². The molecule has 0 aliphatic rings. The molecule has 5 heteroatoms. The number of rotatable bonds is 4. The molecule has 4 nitrogen and oxygen atoms in total. The molecule has 0 unspecified atom stereocenters. The Morgan fingerprint density at radius 1 is 1.00 bits per heavy atom. The van der Waals surface area contributed by atoms with E-state index < -0.39 is 0 Å². The molecule has 1 N–H and O–H groups in total. The molecule has 0 aliphatic carbocycles. The molecular formula is C13H12N4S. The number of nitrogens with zero attached hydrogens (tertiary/aromatic N) is 3. The van der Waals surface area contributed by atoms with Gasteiger partial charge in [-0.2, -0.15) is 11.8 Å². The summed E-state index contributed by atoms with van der Waals surface area (Å²) in [5.74, 6) is 1.84. The summed E-state index contributed by atoms with van der Waals surface area (Å²) in [4.78, 5) is 15.6. The standard InChI is InChI=1S/C13H12N4S/c1-2-4-10(5-3-1)6-18-7-11-12-13(16-8-14-11)17-9-15-12/h1-5,8-9H,6-7H2,(H,14,15,16,17). The zero-order chi connectivity index (χ0) is 12.2. The maximum absolute atomic E-state index is 4.31. The lowest BCUT2D eigenvalue weighted by Gasteiger charge is -2.02. The maximum Gasteiger partial charge on any atom is 0.180 e. The monoisotopic (exact) mass is 256 g/mol. The lowest BCUT2D eigenvalue weighted by atomic mass is 10.2. The number of hydrogen-bond donors (Lipinski definition) is 1. The topological polar surface area (TPSA) is 54.5 Å². The van der Waals surface area contributed by atoms with Crippen LogP contribution in [0.25, 0.3) is 11.2 Å². The second kappa shape index (κ2) is 5.18. The van der Waals surface area contributed by atoms with Crippen molar-refractivity contribution in [2.75, 3.05) is 0 Å². The van der Waals surface area contributed by atoms with Gasteiger partial charge in [0.1, 0.15) is 11.8 Å². The molecule has 0 saturated heterocycles. The molecule has 0 atom stereocenters. The van der Waals surface area contributed by atoms with E-state index in [1.165, 1.54) is 5.56 Å². The maximum atomic E-state index is 4.31. The summed E-state index contributed by atoms with van der Waals surface area (Å²) in [6.07, 6.45) is 3.23. The average molecular weight is 256 g/mol. The Morgan fingerprint density at radius 2 is 1.89 bits per heavy atom. The van der Waals surface area contributed by atoms with Crippen LogP contribution in [0.2, 0.25) is 0 Å². The van der Waals surface area contributed by atoms with Gasteiger partial charge in [-0.15, -0.1) is 0 Å². The zero-order valence-electron chi connectivity index (χ0n) is 9.71. The van der Waals surface area contributed by atoms with Gasteiger partial charge in [-0.3, -0.25) is 0 Å². The molecule has 3 rings (SSSR count). The molecule has 0 amide bonds. The van der Waals surface area contributed by atoms with Gasteiger partial charge in [0.15, 0.2) is 5.65 Å². The van der Waals surface area contributed by atoms with E-state index in [1.54, 1.807) is 12.7 Å². The molecule has 0 aliphatic heterocycles. The SMILES string of the molecule is c1ccc(CSCc2ncnc3nc[nH]c23)cc1. The van der Waals surface area contributed by atoms with Crippen LogP contribution in [-0.4, -0.2) is 19.9 Å². The minimum absolute atomic E-state index is 0.736. The molecule has 2 heterocycles. The minimum Gasteiger partial charge on any atom is -0.342 e. The number of nitrogens with one attached hydrogen (secondary N) is 1. The van der Waals surface area contributed by atoms with Gasteiger partial charge in [0.05, 0.1) is 12.0 Å². The fourth-order valence-corrected chi connectivity index (χ4v) is 2.71. The van der Waals surface area contributed by atoms with Crippen molar-refractivity contribution in [3.63, 3.8) is 0 Å². The number of aromatic nitrogens is 4. The first-order valence-electron chi connectivity index (χ1n) is 5.68. The summed E-state index contributed by atoms with van der Waals surface area (Å²) in [5, 5.41) is 0. The Bertz CT molecular complexity index is 636. The largest absolute Gasteiger partial charge is 0.342 e. The third-order valence-corrected chi connectivity index (χ3v) is 3.67. The van der Waals surface area contributed by atoms with Crippen LogP contribution in [0.5, 0.6) is 0 Å². The second-order valence-electron chi connectivity index (χ2n) is 3.90. The molecule has 1 aromatic carbocycles. The molecule has 0 saturated carbocycles. The summed E-state index contributed by atoms with van der Waals surface area (Å²) >= 11 is 1.84. The number of aromatic amines is 1. The number of fused-ring (bicyclic) bond motifs is 1. The van der Waals surface area contributed by atoms with Crippen molar-refractivity contribution >= 4 is 22.9 Å². The van der Waals surface area contributed by atoms with E-state index in [4.69, 9.17) is 0 Å². The van der Waals surface area contributed by atoms with Crippen molar-refractivity contribution < 1.29 is 0 Å². The van der Waals surface area contributed by atoms with Crippen LogP contribution in [0.15, 0.2) is 43.0 Å². The Morgan fingerprint density at radius 3 is 2.78 bits per heavy atom. The first kappa shape index (κ1) is 11.2. The van der Waals surface area contributed by atoms with Gasteiger partial charge < -0.3 is 4.98 Å². The summed E-state index contributed by atoms with van der Waals surface area (Å²) in [7, 11) is 0. The van der Waals surface area contributed by atoms with Crippen molar-refractivity contribution in [2.24, 2.45) is 0 Å². The van der Waals surface area contributed by atoms with Crippen molar-refractivity contribution in [3.05, 3.63) is 54.2 Å².